The van der Waals surface area contributed by atoms with E-state index in [9.17, 15) is 10.1 Å². The van der Waals surface area contributed by atoms with Gasteiger partial charge in [-0.3, -0.25) is 10.1 Å². The van der Waals surface area contributed by atoms with Crippen LogP contribution < -0.4 is 10.5 Å². The highest BCUT2D eigenvalue weighted by molar-refractivity contribution is 5.60. The third-order valence-electron chi connectivity index (χ3n) is 3.00. The van der Waals surface area contributed by atoms with Crippen LogP contribution in [0.4, 0.5) is 11.4 Å². The van der Waals surface area contributed by atoms with Crippen LogP contribution in [0.5, 0.6) is 5.75 Å². The highest BCUT2D eigenvalue weighted by Crippen LogP contribution is 2.27. The Bertz CT molecular complexity index is 421. The fourth-order valence-corrected chi connectivity index (χ4v) is 1.92. The van der Waals surface area contributed by atoms with E-state index in [1.54, 1.807) is 6.07 Å². The van der Waals surface area contributed by atoms with Crippen molar-refractivity contribution in [1.82, 2.24) is 0 Å². The van der Waals surface area contributed by atoms with Crippen molar-refractivity contribution in [3.63, 3.8) is 0 Å². The number of unbranched alkanes of at least 4 members (excludes halogenated alkanes) is 3. The van der Waals surface area contributed by atoms with E-state index in [0.717, 1.165) is 12.8 Å². The average molecular weight is 266 g/mol. The van der Waals surface area contributed by atoms with Gasteiger partial charge < -0.3 is 10.5 Å². The summed E-state index contributed by atoms with van der Waals surface area (Å²) in [6.07, 6.45) is 5.89. The molecule has 106 valence electrons. The molecule has 0 aliphatic rings. The highest BCUT2D eigenvalue weighted by Gasteiger charge is 2.12. The summed E-state index contributed by atoms with van der Waals surface area (Å²) in [6.45, 7) is 4.18. The first-order valence-corrected chi connectivity index (χ1v) is 6.75. The maximum Gasteiger partial charge on any atom is 0.292 e. The molecule has 0 heterocycles. The maximum atomic E-state index is 10.6. The van der Waals surface area contributed by atoms with E-state index in [1.807, 2.05) is 6.92 Å². The number of nitro benzene ring substituents is 1. The number of nitrogens with zero attached hydrogens (tertiary/aromatic N) is 1. The normalized spacial score (nSPS) is 12.1. The van der Waals surface area contributed by atoms with Crippen LogP contribution in [0.15, 0.2) is 18.2 Å². The van der Waals surface area contributed by atoms with Gasteiger partial charge in [-0.25, -0.2) is 0 Å². The number of nitrogen functional groups attached to an aromatic ring is 1. The van der Waals surface area contributed by atoms with Crippen LogP contribution in [0, 0.1) is 10.1 Å². The van der Waals surface area contributed by atoms with Crippen LogP contribution in [0.25, 0.3) is 0 Å². The third-order valence-corrected chi connectivity index (χ3v) is 3.00. The molecule has 1 aromatic carbocycles. The molecule has 1 rings (SSSR count). The fraction of sp³-hybridized carbons (Fsp3) is 0.571. The Balaban J connectivity index is 2.48. The van der Waals surface area contributed by atoms with Crippen molar-refractivity contribution in [3.8, 4) is 5.75 Å². The van der Waals surface area contributed by atoms with Gasteiger partial charge in [-0.05, 0) is 25.8 Å². The zero-order valence-electron chi connectivity index (χ0n) is 11.6. The van der Waals surface area contributed by atoms with E-state index in [2.05, 4.69) is 6.92 Å². The summed E-state index contributed by atoms with van der Waals surface area (Å²) in [5.74, 6) is 0.589. The Morgan fingerprint density at radius 1 is 1.37 bits per heavy atom. The Hall–Kier alpha value is -1.78. The van der Waals surface area contributed by atoms with E-state index >= 15 is 0 Å². The predicted octanol–water partition coefficient (Wildman–Crippen LogP) is 3.91. The Morgan fingerprint density at radius 2 is 2.11 bits per heavy atom. The zero-order chi connectivity index (χ0) is 14.3. The lowest BCUT2D eigenvalue weighted by atomic mass is 10.1. The number of rotatable bonds is 8. The lowest BCUT2D eigenvalue weighted by molar-refractivity contribution is -0.383. The standard InChI is InChI=1S/C14H22N2O3/c1-3-4-5-6-7-11(2)19-12-8-9-14(16(17)18)13(15)10-12/h8-11H,3-7,15H2,1-2H3. The van der Waals surface area contributed by atoms with Crippen molar-refractivity contribution >= 4 is 11.4 Å². The summed E-state index contributed by atoms with van der Waals surface area (Å²) in [7, 11) is 0. The number of nitrogens with two attached hydrogens (primary N) is 1. The lowest BCUT2D eigenvalue weighted by Crippen LogP contribution is -2.11. The van der Waals surface area contributed by atoms with Crippen LogP contribution >= 0.6 is 0 Å². The van der Waals surface area contributed by atoms with Gasteiger partial charge >= 0.3 is 0 Å². The smallest absolute Gasteiger partial charge is 0.292 e. The van der Waals surface area contributed by atoms with Crippen LogP contribution in [0.2, 0.25) is 0 Å². The minimum absolute atomic E-state index is 0.0806. The number of benzene rings is 1. The Kier molecular flexibility index (Phi) is 6.12. The van der Waals surface area contributed by atoms with Gasteiger partial charge in [0, 0.05) is 12.1 Å². The van der Waals surface area contributed by atoms with Crippen molar-refractivity contribution in [3.05, 3.63) is 28.3 Å². The fourth-order valence-electron chi connectivity index (χ4n) is 1.92. The van der Waals surface area contributed by atoms with Crippen molar-refractivity contribution in [2.45, 2.75) is 52.1 Å². The molecular weight excluding hydrogens is 244 g/mol. The van der Waals surface area contributed by atoms with Gasteiger partial charge in [-0.1, -0.05) is 26.2 Å². The van der Waals surface area contributed by atoms with Gasteiger partial charge in [0.2, 0.25) is 0 Å². The molecule has 0 aromatic heterocycles. The molecule has 0 aliphatic carbocycles. The van der Waals surface area contributed by atoms with Gasteiger partial charge in [0.25, 0.3) is 5.69 Å². The Labute approximate surface area is 113 Å². The second-order valence-electron chi connectivity index (χ2n) is 4.76. The van der Waals surface area contributed by atoms with Gasteiger partial charge in [0.1, 0.15) is 11.4 Å². The van der Waals surface area contributed by atoms with Crippen molar-refractivity contribution < 1.29 is 9.66 Å². The molecule has 0 bridgehead atoms. The number of anilines is 1. The monoisotopic (exact) mass is 266 g/mol. The molecule has 0 saturated heterocycles. The second-order valence-corrected chi connectivity index (χ2v) is 4.76. The van der Waals surface area contributed by atoms with Crippen molar-refractivity contribution in [1.29, 1.82) is 0 Å². The SMILES string of the molecule is CCCCCCC(C)Oc1ccc([N+](=O)[O-])c(N)c1. The van der Waals surface area contributed by atoms with Gasteiger partial charge in [0.15, 0.2) is 0 Å². The van der Waals surface area contributed by atoms with Crippen LogP contribution in [-0.2, 0) is 0 Å². The maximum absolute atomic E-state index is 10.6. The molecule has 0 spiro atoms. The molecule has 1 atom stereocenters. The molecule has 0 saturated carbocycles. The highest BCUT2D eigenvalue weighted by atomic mass is 16.6. The molecule has 0 fully saturated rings. The van der Waals surface area contributed by atoms with Gasteiger partial charge in [0.05, 0.1) is 11.0 Å². The molecule has 0 aliphatic heterocycles. The quantitative estimate of drug-likeness (QED) is 0.335. The van der Waals surface area contributed by atoms with Crippen molar-refractivity contribution in [2.24, 2.45) is 0 Å². The molecule has 0 radical (unpaired) electrons. The lowest BCUT2D eigenvalue weighted by Gasteiger charge is -2.14. The van der Waals surface area contributed by atoms with E-state index in [4.69, 9.17) is 10.5 Å². The molecule has 5 nitrogen and oxygen atoms in total. The first kappa shape index (κ1) is 15.3. The van der Waals surface area contributed by atoms with Crippen LogP contribution in [0.3, 0.4) is 0 Å². The average Bonchev–Trinajstić information content (AvgIpc) is 2.34. The number of ether oxygens (including phenoxy) is 1. The number of hydrogen-bond donors (Lipinski definition) is 1. The topological polar surface area (TPSA) is 78.4 Å². The van der Waals surface area contributed by atoms with Crippen molar-refractivity contribution in [2.75, 3.05) is 5.73 Å². The Morgan fingerprint density at radius 3 is 2.68 bits per heavy atom. The van der Waals surface area contributed by atoms with Gasteiger partial charge in [-0.15, -0.1) is 0 Å². The zero-order valence-corrected chi connectivity index (χ0v) is 11.6. The predicted molar refractivity (Wildman–Crippen MR) is 76.4 cm³/mol. The molecule has 1 unspecified atom stereocenters. The largest absolute Gasteiger partial charge is 0.491 e. The number of nitro groups is 1. The van der Waals surface area contributed by atoms with E-state index in [0.29, 0.717) is 5.75 Å². The van der Waals surface area contributed by atoms with Gasteiger partial charge in [-0.2, -0.15) is 0 Å². The number of hydrogen-bond acceptors (Lipinski definition) is 4. The molecule has 5 heteroatoms. The summed E-state index contributed by atoms with van der Waals surface area (Å²) < 4.78 is 5.71. The molecule has 2 N–H and O–H groups in total. The van der Waals surface area contributed by atoms with E-state index < -0.39 is 4.92 Å². The first-order valence-electron chi connectivity index (χ1n) is 6.75. The molecular formula is C14H22N2O3. The summed E-state index contributed by atoms with van der Waals surface area (Å²) >= 11 is 0. The van der Waals surface area contributed by atoms with E-state index in [1.165, 1.54) is 31.4 Å². The molecule has 19 heavy (non-hydrogen) atoms. The minimum Gasteiger partial charge on any atom is -0.491 e. The second kappa shape index (κ2) is 7.61. The molecule has 0 amide bonds. The van der Waals surface area contributed by atoms with E-state index in [-0.39, 0.29) is 17.5 Å². The first-order chi connectivity index (χ1) is 9.04. The van der Waals surface area contributed by atoms with Crippen LogP contribution in [-0.4, -0.2) is 11.0 Å². The summed E-state index contributed by atoms with van der Waals surface area (Å²) in [4.78, 5) is 10.2. The molecule has 1 aromatic rings. The summed E-state index contributed by atoms with van der Waals surface area (Å²) in [5, 5.41) is 10.6. The minimum atomic E-state index is -0.493. The van der Waals surface area contributed by atoms with Crippen LogP contribution in [0.1, 0.15) is 46.0 Å². The summed E-state index contributed by atoms with van der Waals surface area (Å²) in [6, 6.07) is 4.49. The summed E-state index contributed by atoms with van der Waals surface area (Å²) in [5.41, 5.74) is 5.67. The third kappa shape index (κ3) is 5.16.